The minimum Gasteiger partial charge on any atom is -0.481 e. The van der Waals surface area contributed by atoms with Gasteiger partial charge in [-0.3, -0.25) is 9.59 Å². The normalized spacial score (nSPS) is 12.5. The Labute approximate surface area is 107 Å². The van der Waals surface area contributed by atoms with Gasteiger partial charge < -0.3 is 31.3 Å². The van der Waals surface area contributed by atoms with Crippen molar-refractivity contribution in [2.24, 2.45) is 0 Å². The van der Waals surface area contributed by atoms with Gasteiger partial charge in [-0.2, -0.15) is 0 Å². The molecule has 0 aromatic rings. The number of nitrogens with one attached hydrogen (secondary N) is 2. The van der Waals surface area contributed by atoms with Gasteiger partial charge in [0.2, 0.25) is 0 Å². The van der Waals surface area contributed by atoms with E-state index in [1.807, 2.05) is 24.6 Å². The van der Waals surface area contributed by atoms with Crippen LogP contribution in [0.1, 0.15) is 12.8 Å². The molecule has 0 aliphatic carbocycles. The highest BCUT2D eigenvalue weighted by atomic mass is 16.4. The summed E-state index contributed by atoms with van der Waals surface area (Å²) in [6, 6.07) is 0. The second-order valence-corrected chi connectivity index (χ2v) is 3.48. The predicted molar refractivity (Wildman–Crippen MR) is 61.6 cm³/mol. The monoisotopic (exact) mass is 274 g/mol. The molecule has 0 bridgehead atoms. The Hall–Kier alpha value is -2.55. The van der Waals surface area contributed by atoms with Crippen LogP contribution >= 0.6 is 0 Å². The molecule has 0 aromatic carbocycles. The lowest BCUT2D eigenvalue weighted by Gasteiger charge is -2.18. The van der Waals surface area contributed by atoms with E-state index < -0.39 is 36.4 Å². The molecule has 1 aliphatic rings. The van der Waals surface area contributed by atoms with Crippen LogP contribution in [0.25, 0.3) is 0 Å². The molecule has 0 amide bonds. The standard InChI is InChI=1S/C6H8O7.C4H6N2/c7-3(8)1-6(13,5(11)12)2-4(9)10;1-2-4-6-5-3-1/h13H,1-2H2,(H,7,8)(H,9,10)(H,11,12);1-6H. The molecule has 9 heteroatoms. The molecular formula is C10H14N2O7. The molecule has 106 valence electrons. The van der Waals surface area contributed by atoms with E-state index in [9.17, 15) is 14.4 Å². The Kier molecular flexibility index (Phi) is 6.68. The van der Waals surface area contributed by atoms with Crippen molar-refractivity contribution in [3.05, 3.63) is 24.6 Å². The number of rotatable bonds is 5. The van der Waals surface area contributed by atoms with Crippen LogP contribution in [0, 0.1) is 0 Å². The molecule has 0 atom stereocenters. The quantitative estimate of drug-likeness (QED) is 0.365. The van der Waals surface area contributed by atoms with E-state index in [1.165, 1.54) is 0 Å². The highest BCUT2D eigenvalue weighted by molar-refractivity contribution is 5.88. The molecule has 1 aliphatic heterocycles. The van der Waals surface area contributed by atoms with Gasteiger partial charge in [0.15, 0.2) is 5.60 Å². The van der Waals surface area contributed by atoms with Crippen LogP contribution in [-0.4, -0.2) is 43.9 Å². The maximum Gasteiger partial charge on any atom is 0.336 e. The van der Waals surface area contributed by atoms with E-state index in [0.717, 1.165) is 0 Å². The summed E-state index contributed by atoms with van der Waals surface area (Å²) in [7, 11) is 0. The molecule has 0 unspecified atom stereocenters. The summed E-state index contributed by atoms with van der Waals surface area (Å²) in [5.41, 5.74) is 2.80. The van der Waals surface area contributed by atoms with Crippen molar-refractivity contribution < 1.29 is 34.8 Å². The fraction of sp³-hybridized carbons (Fsp3) is 0.300. The van der Waals surface area contributed by atoms with Gasteiger partial charge >= 0.3 is 17.9 Å². The topological polar surface area (TPSA) is 156 Å². The molecule has 0 aromatic heterocycles. The molecule has 1 heterocycles. The Bertz CT molecular complexity index is 375. The van der Waals surface area contributed by atoms with Crippen LogP contribution in [0.4, 0.5) is 0 Å². The Morgan fingerprint density at radius 3 is 1.42 bits per heavy atom. The van der Waals surface area contributed by atoms with Crippen LogP contribution in [0.15, 0.2) is 24.6 Å². The summed E-state index contributed by atoms with van der Waals surface area (Å²) in [5.74, 6) is -5.02. The zero-order valence-corrected chi connectivity index (χ0v) is 9.74. The van der Waals surface area contributed by atoms with Crippen LogP contribution in [0.2, 0.25) is 0 Å². The lowest BCUT2D eigenvalue weighted by atomic mass is 9.96. The Balaban J connectivity index is 0.000000443. The summed E-state index contributed by atoms with van der Waals surface area (Å²) in [4.78, 5) is 30.5. The second kappa shape index (κ2) is 7.71. The molecule has 0 fully saturated rings. The third kappa shape index (κ3) is 7.39. The van der Waals surface area contributed by atoms with Crippen molar-refractivity contribution >= 4 is 17.9 Å². The summed E-state index contributed by atoms with van der Waals surface area (Å²) >= 11 is 0. The SMILES string of the molecule is C1=CNNC=C1.O=C(O)CC(O)(CC(=O)O)C(=O)O. The fourth-order valence-corrected chi connectivity index (χ4v) is 1.02. The number of aliphatic hydroxyl groups is 1. The number of hydrazine groups is 1. The smallest absolute Gasteiger partial charge is 0.336 e. The average molecular weight is 274 g/mol. The van der Waals surface area contributed by atoms with Crippen LogP contribution in [0.5, 0.6) is 0 Å². The summed E-state index contributed by atoms with van der Waals surface area (Å²) in [6.45, 7) is 0. The van der Waals surface area contributed by atoms with Crippen molar-refractivity contribution in [2.75, 3.05) is 0 Å². The highest BCUT2D eigenvalue weighted by Gasteiger charge is 2.40. The molecule has 1 rings (SSSR count). The van der Waals surface area contributed by atoms with Crippen molar-refractivity contribution in [2.45, 2.75) is 18.4 Å². The molecule has 0 spiro atoms. The molecule has 6 N–H and O–H groups in total. The first-order valence-corrected chi connectivity index (χ1v) is 5.00. The van der Waals surface area contributed by atoms with Crippen LogP contribution in [-0.2, 0) is 14.4 Å². The van der Waals surface area contributed by atoms with Gasteiger partial charge in [-0.05, 0) is 12.2 Å². The number of hydrogen-bond donors (Lipinski definition) is 6. The lowest BCUT2D eigenvalue weighted by Crippen LogP contribution is -2.42. The summed E-state index contributed by atoms with van der Waals surface area (Å²) in [5, 5.41) is 33.8. The van der Waals surface area contributed by atoms with Crippen molar-refractivity contribution in [1.29, 1.82) is 0 Å². The number of hydrogen-bond acceptors (Lipinski definition) is 6. The first kappa shape index (κ1) is 16.4. The van der Waals surface area contributed by atoms with Crippen LogP contribution in [0.3, 0.4) is 0 Å². The van der Waals surface area contributed by atoms with Gasteiger partial charge in [0.1, 0.15) is 0 Å². The minimum absolute atomic E-state index is 1.14. The molecule has 19 heavy (non-hydrogen) atoms. The molecule has 0 radical (unpaired) electrons. The van der Waals surface area contributed by atoms with Gasteiger partial charge in [0.25, 0.3) is 0 Å². The number of allylic oxidation sites excluding steroid dienone is 2. The minimum atomic E-state index is -2.74. The van der Waals surface area contributed by atoms with Gasteiger partial charge in [0, 0.05) is 12.4 Å². The molecule has 9 nitrogen and oxygen atoms in total. The number of carbonyl (C=O) groups is 3. The van der Waals surface area contributed by atoms with Crippen molar-refractivity contribution in [3.63, 3.8) is 0 Å². The maximum atomic E-state index is 10.3. The second-order valence-electron chi connectivity index (χ2n) is 3.48. The first-order chi connectivity index (χ1) is 8.78. The van der Waals surface area contributed by atoms with Gasteiger partial charge in [-0.15, -0.1) is 0 Å². The van der Waals surface area contributed by atoms with E-state index >= 15 is 0 Å². The number of carboxylic acid groups (broad SMARTS) is 3. The number of aliphatic carboxylic acids is 3. The third-order valence-corrected chi connectivity index (χ3v) is 1.84. The van der Waals surface area contributed by atoms with Gasteiger partial charge in [0.05, 0.1) is 12.8 Å². The van der Waals surface area contributed by atoms with Gasteiger partial charge in [-0.1, -0.05) is 0 Å². The lowest BCUT2D eigenvalue weighted by molar-refractivity contribution is -0.170. The Morgan fingerprint density at radius 1 is 0.895 bits per heavy atom. The summed E-state index contributed by atoms with van der Waals surface area (Å²) < 4.78 is 0. The molecule has 0 saturated heterocycles. The van der Waals surface area contributed by atoms with Crippen molar-refractivity contribution in [3.8, 4) is 0 Å². The van der Waals surface area contributed by atoms with Crippen molar-refractivity contribution in [1.82, 2.24) is 10.9 Å². The first-order valence-electron chi connectivity index (χ1n) is 5.00. The van der Waals surface area contributed by atoms with E-state index in [-0.39, 0.29) is 0 Å². The van der Waals surface area contributed by atoms with Crippen LogP contribution < -0.4 is 10.9 Å². The molecule has 0 saturated carbocycles. The number of carboxylic acids is 3. The molecular weight excluding hydrogens is 260 g/mol. The summed E-state index contributed by atoms with van der Waals surface area (Å²) in [6.07, 6.45) is 5.18. The van der Waals surface area contributed by atoms with Gasteiger partial charge in [-0.25, -0.2) is 4.79 Å². The average Bonchev–Trinajstić information content (AvgIpc) is 2.29. The zero-order valence-electron chi connectivity index (χ0n) is 9.74. The highest BCUT2D eigenvalue weighted by Crippen LogP contribution is 2.15. The van der Waals surface area contributed by atoms with E-state index in [0.29, 0.717) is 0 Å². The zero-order chi connectivity index (χ0) is 14.9. The predicted octanol–water partition coefficient (Wildman–Crippen LogP) is -1.13. The Morgan fingerprint density at radius 2 is 1.26 bits per heavy atom. The maximum absolute atomic E-state index is 10.3. The fourth-order valence-electron chi connectivity index (χ4n) is 1.02. The van der Waals surface area contributed by atoms with E-state index in [1.54, 1.807) is 0 Å². The largest absolute Gasteiger partial charge is 0.481 e. The van der Waals surface area contributed by atoms with E-state index in [2.05, 4.69) is 10.9 Å². The van der Waals surface area contributed by atoms with E-state index in [4.69, 9.17) is 20.4 Å². The third-order valence-electron chi connectivity index (χ3n) is 1.84.